The molecule has 0 saturated carbocycles. The predicted molar refractivity (Wildman–Crippen MR) is 74.8 cm³/mol. The number of unbranched alkanes of at least 4 members (excludes halogenated alkanes) is 3. The summed E-state index contributed by atoms with van der Waals surface area (Å²) in [5.41, 5.74) is 0. The number of rotatable bonds is 9. The molecule has 88 valence electrons. The molecule has 0 aliphatic rings. The van der Waals surface area contributed by atoms with E-state index in [9.17, 15) is 0 Å². The van der Waals surface area contributed by atoms with Gasteiger partial charge >= 0.3 is 104 Å². The summed E-state index contributed by atoms with van der Waals surface area (Å²) in [6.07, 6.45) is 13.5. The first-order valence-electron chi connectivity index (χ1n) is 6.41. The third-order valence-electron chi connectivity index (χ3n) is 2.99. The summed E-state index contributed by atoms with van der Waals surface area (Å²) in [4.78, 5) is -0.762. The first-order chi connectivity index (χ1) is 6.68. The van der Waals surface area contributed by atoms with Crippen molar-refractivity contribution in [2.75, 3.05) is 18.5 Å². The maximum atomic E-state index is 2.33. The molecule has 0 bridgehead atoms. The van der Waals surface area contributed by atoms with Crippen molar-refractivity contribution in [1.29, 1.82) is 0 Å². The molecule has 0 saturated heterocycles. The van der Waals surface area contributed by atoms with Crippen LogP contribution >= 0.6 is 4.95 Å². The van der Waals surface area contributed by atoms with Crippen molar-refractivity contribution < 1.29 is 0 Å². The van der Waals surface area contributed by atoms with Crippen LogP contribution in [0, 0.1) is 0 Å². The molecule has 0 N–H and O–H groups in total. The molecule has 0 spiro atoms. The van der Waals surface area contributed by atoms with E-state index in [0.29, 0.717) is 0 Å². The van der Waals surface area contributed by atoms with Crippen molar-refractivity contribution in [3.8, 4) is 0 Å². The van der Waals surface area contributed by atoms with Gasteiger partial charge in [-0.15, -0.1) is 0 Å². The Morgan fingerprint density at radius 2 is 1.00 bits per heavy atom. The van der Waals surface area contributed by atoms with Gasteiger partial charge in [0.15, 0.2) is 0 Å². The van der Waals surface area contributed by atoms with Crippen LogP contribution in [0.1, 0.15) is 59.3 Å². The average molecular weight is 332 g/mol. The van der Waals surface area contributed by atoms with Crippen LogP contribution < -0.4 is 0 Å². The first kappa shape index (κ1) is 15.2. The molecule has 0 aromatic heterocycles. The van der Waals surface area contributed by atoms with Crippen LogP contribution in [0.15, 0.2) is 0 Å². The molecular formula is C12H29PTe. The molecule has 0 aromatic rings. The summed E-state index contributed by atoms with van der Waals surface area (Å²) in [5.74, 6) is 0. The first-order valence-corrected chi connectivity index (χ1v) is 12.8. The van der Waals surface area contributed by atoms with Crippen LogP contribution in [0.5, 0.6) is 0 Å². The van der Waals surface area contributed by atoms with Gasteiger partial charge in [-0.3, -0.25) is 0 Å². The van der Waals surface area contributed by atoms with Gasteiger partial charge in [0, 0.05) is 0 Å². The zero-order chi connectivity index (χ0) is 10.9. The molecule has 0 unspecified atom stereocenters. The third-order valence-corrected chi connectivity index (χ3v) is 12.6. The van der Waals surface area contributed by atoms with Crippen LogP contribution in [-0.2, 0) is 0 Å². The van der Waals surface area contributed by atoms with Crippen LogP contribution in [0.2, 0.25) is 0 Å². The summed E-state index contributed by atoms with van der Waals surface area (Å²) in [6.45, 7) is 7.00. The summed E-state index contributed by atoms with van der Waals surface area (Å²) in [7, 11) is 0. The van der Waals surface area contributed by atoms with Crippen LogP contribution in [0.4, 0.5) is 0 Å². The molecule has 0 heterocycles. The fraction of sp³-hybridized carbons (Fsp3) is 1.00. The van der Waals surface area contributed by atoms with Gasteiger partial charge in [-0.25, -0.2) is 0 Å². The second kappa shape index (κ2) is 9.45. The molecule has 2 heteroatoms. The Balaban J connectivity index is 3.89. The quantitative estimate of drug-likeness (QED) is 0.443. The second-order valence-electron chi connectivity index (χ2n) is 4.54. The Kier molecular flexibility index (Phi) is 10.3. The van der Waals surface area contributed by atoms with E-state index in [0.717, 1.165) is 0 Å². The summed E-state index contributed by atoms with van der Waals surface area (Å²) in [5, 5.41) is 0. The molecule has 0 nitrogen and oxygen atoms in total. The topological polar surface area (TPSA) is 0 Å². The van der Waals surface area contributed by atoms with E-state index in [4.69, 9.17) is 0 Å². The van der Waals surface area contributed by atoms with E-state index in [-0.39, 0.29) is 0 Å². The Bertz CT molecular complexity index is 104. The van der Waals surface area contributed by atoms with Gasteiger partial charge < -0.3 is 0 Å². The maximum absolute atomic E-state index is 2.33. The van der Waals surface area contributed by atoms with E-state index in [1.54, 1.807) is 18.5 Å². The Labute approximate surface area is 104 Å². The third kappa shape index (κ3) is 7.50. The van der Waals surface area contributed by atoms with E-state index in [2.05, 4.69) is 42.5 Å². The Morgan fingerprint density at radius 3 is 1.21 bits per heavy atom. The number of hydrogen-bond acceptors (Lipinski definition) is 0. The summed E-state index contributed by atoms with van der Waals surface area (Å²) >= 11 is 2.25. The zero-order valence-corrected chi connectivity index (χ0v) is 13.9. The van der Waals surface area contributed by atoms with E-state index >= 15 is 0 Å². The molecule has 0 radical (unpaired) electrons. The van der Waals surface area contributed by atoms with Gasteiger partial charge in [0.05, 0.1) is 0 Å². The van der Waals surface area contributed by atoms with E-state index < -0.39 is 4.95 Å². The zero-order valence-electron chi connectivity index (χ0n) is 10.3. The summed E-state index contributed by atoms with van der Waals surface area (Å²) in [6, 6.07) is 0. The van der Waals surface area contributed by atoms with Crippen LogP contribution in [-0.4, -0.2) is 40.2 Å². The standard InChI is InChI=1S/C12H29PTe/c1-4-7-10-13(14,11-8-5-2)12-9-6-3/h13-14H,4-12H2,1-3H3. The average Bonchev–Trinajstić information content (AvgIpc) is 2.21. The normalized spacial score (nSPS) is 13.1. The Morgan fingerprint density at radius 1 is 0.714 bits per heavy atom. The molecular weight excluding hydrogens is 303 g/mol. The van der Waals surface area contributed by atoms with Gasteiger partial charge in [0.1, 0.15) is 0 Å². The molecule has 0 aromatic carbocycles. The van der Waals surface area contributed by atoms with Crippen molar-refractivity contribution in [3.05, 3.63) is 0 Å². The molecule has 0 rings (SSSR count). The predicted octanol–water partition coefficient (Wildman–Crippen LogP) is 3.95. The summed E-state index contributed by atoms with van der Waals surface area (Å²) < 4.78 is 0. The number of hydrogen-bond donors (Lipinski definition) is 0. The minimum absolute atomic E-state index is 0.762. The van der Waals surface area contributed by atoms with Crippen LogP contribution in [0.25, 0.3) is 0 Å². The van der Waals surface area contributed by atoms with Gasteiger partial charge in [0.25, 0.3) is 0 Å². The van der Waals surface area contributed by atoms with Crippen molar-refractivity contribution in [2.45, 2.75) is 59.3 Å². The van der Waals surface area contributed by atoms with Gasteiger partial charge in [-0.2, -0.15) is 0 Å². The van der Waals surface area contributed by atoms with Gasteiger partial charge in [-0.1, -0.05) is 0 Å². The fourth-order valence-corrected chi connectivity index (χ4v) is 9.74. The monoisotopic (exact) mass is 334 g/mol. The Hall–Kier alpha value is 1.22. The van der Waals surface area contributed by atoms with Gasteiger partial charge in [-0.05, 0) is 0 Å². The minimum atomic E-state index is -0.762. The van der Waals surface area contributed by atoms with Crippen molar-refractivity contribution in [2.24, 2.45) is 0 Å². The van der Waals surface area contributed by atoms with Gasteiger partial charge in [0.2, 0.25) is 0 Å². The molecule has 0 fully saturated rings. The van der Waals surface area contributed by atoms with E-state index in [1.165, 1.54) is 38.5 Å². The second-order valence-corrected chi connectivity index (χ2v) is 16.6. The van der Waals surface area contributed by atoms with E-state index in [1.807, 2.05) is 0 Å². The SMILES string of the molecule is CCCC[PH]([TeH])(CCCC)CCCC. The van der Waals surface area contributed by atoms with Crippen molar-refractivity contribution in [3.63, 3.8) is 0 Å². The molecule has 0 atom stereocenters. The molecule has 14 heavy (non-hydrogen) atoms. The van der Waals surface area contributed by atoms with Crippen molar-refractivity contribution in [1.82, 2.24) is 0 Å². The molecule has 0 aliphatic carbocycles. The molecule has 0 amide bonds. The van der Waals surface area contributed by atoms with Crippen molar-refractivity contribution >= 4 is 26.7 Å². The molecule has 0 aliphatic heterocycles. The fourth-order valence-electron chi connectivity index (χ4n) is 1.89. The van der Waals surface area contributed by atoms with Crippen LogP contribution in [0.3, 0.4) is 0 Å².